The minimum absolute atomic E-state index is 0.0678. The van der Waals surface area contributed by atoms with Gasteiger partial charge in [-0.3, -0.25) is 9.36 Å². The summed E-state index contributed by atoms with van der Waals surface area (Å²) in [6, 6.07) is 17.9. The van der Waals surface area contributed by atoms with Crippen molar-refractivity contribution in [2.45, 2.75) is 25.0 Å². The normalized spacial score (nSPS) is 12.0. The molecule has 0 spiro atoms. The van der Waals surface area contributed by atoms with Crippen molar-refractivity contribution >= 4 is 23.4 Å². The van der Waals surface area contributed by atoms with Crippen LogP contribution < -0.4 is 5.32 Å². The van der Waals surface area contributed by atoms with Crippen LogP contribution in [-0.4, -0.2) is 26.4 Å². The fourth-order valence-electron chi connectivity index (χ4n) is 3.28. The van der Waals surface area contributed by atoms with E-state index in [0.717, 1.165) is 16.9 Å². The molecule has 4 rings (SSSR count). The summed E-state index contributed by atoms with van der Waals surface area (Å²) in [5.74, 6) is 0.679. The highest BCUT2D eigenvalue weighted by Crippen LogP contribution is 2.32. The van der Waals surface area contributed by atoms with Gasteiger partial charge in [0.05, 0.1) is 29.3 Å². The predicted molar refractivity (Wildman–Crippen MR) is 118 cm³/mol. The van der Waals surface area contributed by atoms with Gasteiger partial charge in [0.1, 0.15) is 11.6 Å². The first-order valence-electron chi connectivity index (χ1n) is 9.76. The SMILES string of the molecule is Cc1occc1-c1nnc(SCC(=O)Nc2ccccc2F)n1[C@@H](C)c1ccccc1. The Morgan fingerprint density at radius 2 is 1.87 bits per heavy atom. The molecule has 1 atom stereocenters. The topological polar surface area (TPSA) is 72.9 Å². The Balaban J connectivity index is 1.60. The van der Waals surface area contributed by atoms with Crippen molar-refractivity contribution in [2.75, 3.05) is 11.1 Å². The predicted octanol–water partition coefficient (Wildman–Crippen LogP) is 5.33. The second-order valence-electron chi connectivity index (χ2n) is 6.97. The maximum Gasteiger partial charge on any atom is 0.234 e. The van der Waals surface area contributed by atoms with Crippen LogP contribution in [0.15, 0.2) is 76.5 Å². The number of benzene rings is 2. The van der Waals surface area contributed by atoms with Gasteiger partial charge in [0.15, 0.2) is 11.0 Å². The number of para-hydroxylation sites is 1. The maximum atomic E-state index is 13.8. The largest absolute Gasteiger partial charge is 0.469 e. The van der Waals surface area contributed by atoms with Crippen LogP contribution in [0.3, 0.4) is 0 Å². The molecule has 4 aromatic rings. The fraction of sp³-hybridized carbons (Fsp3) is 0.174. The molecule has 0 aliphatic rings. The Kier molecular flexibility index (Phi) is 6.18. The molecule has 0 aliphatic heterocycles. The number of aromatic nitrogens is 3. The molecule has 158 valence electrons. The van der Waals surface area contributed by atoms with E-state index in [1.807, 2.05) is 47.9 Å². The number of hydrogen-bond acceptors (Lipinski definition) is 5. The van der Waals surface area contributed by atoms with Crippen molar-refractivity contribution in [2.24, 2.45) is 0 Å². The van der Waals surface area contributed by atoms with E-state index in [1.165, 1.54) is 23.9 Å². The zero-order valence-corrected chi connectivity index (χ0v) is 17.9. The highest BCUT2D eigenvalue weighted by Gasteiger charge is 2.23. The van der Waals surface area contributed by atoms with Crippen LogP contribution in [0.1, 0.15) is 24.3 Å². The number of nitrogens with one attached hydrogen (secondary N) is 1. The summed E-state index contributed by atoms with van der Waals surface area (Å²) in [5, 5.41) is 11.9. The molecule has 0 bridgehead atoms. The smallest absolute Gasteiger partial charge is 0.234 e. The number of furan rings is 1. The number of halogens is 1. The lowest BCUT2D eigenvalue weighted by atomic mass is 10.1. The standard InChI is InChI=1S/C23H21FN4O2S/c1-15(17-8-4-3-5-9-17)28-22(18-12-13-30-16(18)2)26-27-23(28)31-14-21(29)25-20-11-7-6-10-19(20)24/h3-13,15H,14H2,1-2H3,(H,25,29)/t15-/m0/s1. The Labute approximate surface area is 183 Å². The third-order valence-electron chi connectivity index (χ3n) is 4.91. The maximum absolute atomic E-state index is 13.8. The molecule has 0 radical (unpaired) electrons. The van der Waals surface area contributed by atoms with Crippen LogP contribution in [0, 0.1) is 12.7 Å². The number of carbonyl (C=O) groups excluding carboxylic acids is 1. The quantitative estimate of drug-likeness (QED) is 0.397. The lowest BCUT2D eigenvalue weighted by molar-refractivity contribution is -0.113. The van der Waals surface area contributed by atoms with Crippen LogP contribution in [0.25, 0.3) is 11.4 Å². The van der Waals surface area contributed by atoms with Crippen LogP contribution in [-0.2, 0) is 4.79 Å². The zero-order valence-electron chi connectivity index (χ0n) is 17.1. The minimum atomic E-state index is -0.473. The molecule has 8 heteroatoms. The number of amides is 1. The van der Waals surface area contributed by atoms with Gasteiger partial charge in [0.25, 0.3) is 0 Å². The number of carbonyl (C=O) groups is 1. The fourth-order valence-corrected chi connectivity index (χ4v) is 4.10. The number of aryl methyl sites for hydroxylation is 1. The van der Waals surface area contributed by atoms with E-state index in [-0.39, 0.29) is 23.4 Å². The third kappa shape index (κ3) is 4.54. The summed E-state index contributed by atoms with van der Waals surface area (Å²) in [6.07, 6.45) is 1.62. The zero-order chi connectivity index (χ0) is 21.8. The molecule has 6 nitrogen and oxygen atoms in total. The molecule has 0 fully saturated rings. The van der Waals surface area contributed by atoms with Gasteiger partial charge in [0.2, 0.25) is 5.91 Å². The molecule has 0 unspecified atom stereocenters. The second-order valence-corrected chi connectivity index (χ2v) is 7.91. The third-order valence-corrected chi connectivity index (χ3v) is 5.86. The molecule has 1 amide bonds. The summed E-state index contributed by atoms with van der Waals surface area (Å²) in [5.41, 5.74) is 2.09. The van der Waals surface area contributed by atoms with Gasteiger partial charge in [-0.2, -0.15) is 0 Å². The van der Waals surface area contributed by atoms with Crippen molar-refractivity contribution in [3.8, 4) is 11.4 Å². The van der Waals surface area contributed by atoms with Crippen molar-refractivity contribution in [1.82, 2.24) is 14.8 Å². The minimum Gasteiger partial charge on any atom is -0.469 e. The summed E-state index contributed by atoms with van der Waals surface area (Å²) < 4.78 is 21.3. The van der Waals surface area contributed by atoms with E-state index in [9.17, 15) is 9.18 Å². The lowest BCUT2D eigenvalue weighted by Crippen LogP contribution is -2.16. The van der Waals surface area contributed by atoms with Crippen LogP contribution in [0.2, 0.25) is 0 Å². The Morgan fingerprint density at radius 1 is 1.13 bits per heavy atom. The molecule has 0 saturated carbocycles. The molecule has 31 heavy (non-hydrogen) atoms. The summed E-state index contributed by atoms with van der Waals surface area (Å²) in [7, 11) is 0. The van der Waals surface area contributed by atoms with Gasteiger partial charge in [-0.25, -0.2) is 4.39 Å². The monoisotopic (exact) mass is 436 g/mol. The Hall–Kier alpha value is -3.39. The van der Waals surface area contributed by atoms with Gasteiger partial charge in [-0.15, -0.1) is 10.2 Å². The Bertz CT molecular complexity index is 1190. The van der Waals surface area contributed by atoms with E-state index in [2.05, 4.69) is 22.4 Å². The number of anilines is 1. The molecule has 0 saturated heterocycles. The highest BCUT2D eigenvalue weighted by atomic mass is 32.2. The van der Waals surface area contributed by atoms with Gasteiger partial charge < -0.3 is 9.73 Å². The van der Waals surface area contributed by atoms with E-state index in [1.54, 1.807) is 18.4 Å². The number of rotatable bonds is 7. The molecule has 2 aromatic heterocycles. The first-order valence-corrected chi connectivity index (χ1v) is 10.7. The van der Waals surface area contributed by atoms with Gasteiger partial charge in [-0.1, -0.05) is 54.2 Å². The number of thioether (sulfide) groups is 1. The van der Waals surface area contributed by atoms with Crippen molar-refractivity contribution in [3.05, 3.63) is 84.1 Å². The van der Waals surface area contributed by atoms with Crippen LogP contribution in [0.5, 0.6) is 0 Å². The first kappa shape index (κ1) is 20.9. The molecular formula is C23H21FN4O2S. The summed E-state index contributed by atoms with van der Waals surface area (Å²) >= 11 is 1.25. The van der Waals surface area contributed by atoms with E-state index >= 15 is 0 Å². The van der Waals surface area contributed by atoms with Gasteiger partial charge in [0, 0.05) is 0 Å². The number of nitrogens with zero attached hydrogens (tertiary/aromatic N) is 3. The average molecular weight is 437 g/mol. The van der Waals surface area contributed by atoms with Crippen LogP contribution in [0.4, 0.5) is 10.1 Å². The van der Waals surface area contributed by atoms with Crippen LogP contribution >= 0.6 is 11.8 Å². The molecule has 2 heterocycles. The summed E-state index contributed by atoms with van der Waals surface area (Å²) in [4.78, 5) is 12.4. The molecule has 2 aromatic carbocycles. The van der Waals surface area contributed by atoms with Crippen molar-refractivity contribution in [3.63, 3.8) is 0 Å². The summed E-state index contributed by atoms with van der Waals surface area (Å²) in [6.45, 7) is 3.93. The molecule has 1 N–H and O–H groups in total. The molecular weight excluding hydrogens is 415 g/mol. The average Bonchev–Trinajstić information content (AvgIpc) is 3.39. The van der Waals surface area contributed by atoms with Gasteiger partial charge >= 0.3 is 0 Å². The van der Waals surface area contributed by atoms with E-state index < -0.39 is 5.82 Å². The number of hydrogen-bond donors (Lipinski definition) is 1. The molecule has 0 aliphatic carbocycles. The van der Waals surface area contributed by atoms with E-state index in [4.69, 9.17) is 4.42 Å². The van der Waals surface area contributed by atoms with Gasteiger partial charge in [-0.05, 0) is 37.6 Å². The first-order chi connectivity index (χ1) is 15.0. The highest BCUT2D eigenvalue weighted by molar-refractivity contribution is 7.99. The Morgan fingerprint density at radius 3 is 2.58 bits per heavy atom. The van der Waals surface area contributed by atoms with Crippen molar-refractivity contribution in [1.29, 1.82) is 0 Å². The lowest BCUT2D eigenvalue weighted by Gasteiger charge is -2.18. The van der Waals surface area contributed by atoms with Crippen molar-refractivity contribution < 1.29 is 13.6 Å². The second kappa shape index (κ2) is 9.18. The van der Waals surface area contributed by atoms with E-state index in [0.29, 0.717) is 11.0 Å².